The second-order valence-electron chi connectivity index (χ2n) is 9.32. The number of anilines is 1. The summed E-state index contributed by atoms with van der Waals surface area (Å²) in [5.41, 5.74) is 6.84. The molecule has 1 unspecified atom stereocenters. The van der Waals surface area contributed by atoms with Crippen molar-refractivity contribution in [2.75, 3.05) is 18.9 Å². The molecule has 3 aliphatic heterocycles. The molecule has 3 aromatic carbocycles. The summed E-state index contributed by atoms with van der Waals surface area (Å²) in [5, 5.41) is 7.83. The number of nitrogens with one attached hydrogen (secondary N) is 2. The molecule has 0 saturated carbocycles. The number of fused-ring (bicyclic) bond motifs is 2. The summed E-state index contributed by atoms with van der Waals surface area (Å²) >= 11 is 0. The van der Waals surface area contributed by atoms with Crippen LogP contribution in [0.3, 0.4) is 0 Å². The number of benzene rings is 3. The number of hydrogen-bond donors (Lipinski definition) is 2. The van der Waals surface area contributed by atoms with E-state index in [1.54, 1.807) is 24.3 Å². The van der Waals surface area contributed by atoms with Crippen LogP contribution in [0.15, 0.2) is 77.9 Å². The molecular formula is C27H24F2N4O. The number of para-hydroxylation sites is 1. The Morgan fingerprint density at radius 1 is 0.941 bits per heavy atom. The molecular weight excluding hydrogens is 434 g/mol. The van der Waals surface area contributed by atoms with Gasteiger partial charge in [-0.05, 0) is 48.5 Å². The van der Waals surface area contributed by atoms with E-state index < -0.39 is 5.54 Å². The van der Waals surface area contributed by atoms with E-state index in [1.807, 2.05) is 31.3 Å². The van der Waals surface area contributed by atoms with Crippen molar-refractivity contribution in [3.05, 3.63) is 101 Å². The summed E-state index contributed by atoms with van der Waals surface area (Å²) < 4.78 is 27.2. The van der Waals surface area contributed by atoms with E-state index in [0.29, 0.717) is 13.0 Å². The SMILES string of the molecule is CN1C[C@@H](c2ccc(F)cc2)[C@H](C2=NNC(c3ccc(F)cc3)C2)[C@@]12C(=O)Nc1ccccc12. The quantitative estimate of drug-likeness (QED) is 0.606. The highest BCUT2D eigenvalue weighted by atomic mass is 19.1. The van der Waals surface area contributed by atoms with Crippen LogP contribution in [0.2, 0.25) is 0 Å². The summed E-state index contributed by atoms with van der Waals surface area (Å²) in [5.74, 6) is -0.963. The van der Waals surface area contributed by atoms with Gasteiger partial charge in [0.1, 0.15) is 17.2 Å². The third-order valence-corrected chi connectivity index (χ3v) is 7.56. The summed E-state index contributed by atoms with van der Waals surface area (Å²) in [6, 6.07) is 20.7. The van der Waals surface area contributed by atoms with Crippen LogP contribution in [-0.4, -0.2) is 30.1 Å². The Kier molecular flexibility index (Phi) is 4.78. The van der Waals surface area contributed by atoms with E-state index in [9.17, 15) is 13.6 Å². The number of carbonyl (C=O) groups excluding carboxylic acids is 1. The number of nitrogens with zero attached hydrogens (tertiary/aromatic N) is 2. The summed E-state index contributed by atoms with van der Waals surface area (Å²) in [6.07, 6.45) is 0.596. The van der Waals surface area contributed by atoms with Gasteiger partial charge >= 0.3 is 0 Å². The van der Waals surface area contributed by atoms with Crippen LogP contribution in [0.25, 0.3) is 0 Å². The predicted octanol–water partition coefficient (Wildman–Crippen LogP) is 4.55. The molecule has 1 fully saturated rings. The second kappa shape index (κ2) is 7.74. The standard InChI is InChI=1S/C27H24F2N4O/c1-33-15-20(16-6-10-18(28)11-7-16)25(27(33)21-4-2-3-5-22(21)30-26(27)34)24-14-23(31-32-24)17-8-12-19(29)13-9-17/h2-13,20,23,25,31H,14-15H2,1H3,(H,30,34)/t20-,23?,25+,27-/m0/s1. The van der Waals surface area contributed by atoms with Gasteiger partial charge in [0.15, 0.2) is 0 Å². The number of hydrogen-bond acceptors (Lipinski definition) is 4. The number of likely N-dealkylation sites (tertiary alicyclic amines) is 1. The Hall–Kier alpha value is -3.58. The molecule has 3 heterocycles. The highest BCUT2D eigenvalue weighted by Crippen LogP contribution is 2.56. The fraction of sp³-hybridized carbons (Fsp3) is 0.259. The molecule has 3 aromatic rings. The van der Waals surface area contributed by atoms with Gasteiger partial charge < -0.3 is 10.7 Å². The van der Waals surface area contributed by atoms with Crippen molar-refractivity contribution in [1.82, 2.24) is 10.3 Å². The average Bonchev–Trinajstić information content (AvgIpc) is 3.51. The normalized spacial score (nSPS) is 28.0. The number of hydrazone groups is 1. The van der Waals surface area contributed by atoms with E-state index in [-0.39, 0.29) is 35.4 Å². The van der Waals surface area contributed by atoms with E-state index >= 15 is 0 Å². The van der Waals surface area contributed by atoms with Gasteiger partial charge in [0.2, 0.25) is 5.91 Å². The fourth-order valence-electron chi connectivity index (χ4n) is 6.05. The molecule has 0 aromatic heterocycles. The molecule has 3 aliphatic rings. The number of rotatable bonds is 3. The summed E-state index contributed by atoms with van der Waals surface area (Å²) in [7, 11) is 1.97. The highest BCUT2D eigenvalue weighted by molar-refractivity contribution is 6.10. The van der Waals surface area contributed by atoms with Crippen molar-refractivity contribution in [2.24, 2.45) is 11.0 Å². The van der Waals surface area contributed by atoms with Crippen LogP contribution in [0.5, 0.6) is 0 Å². The lowest BCUT2D eigenvalue weighted by molar-refractivity contribution is -0.126. The van der Waals surface area contributed by atoms with Crippen molar-refractivity contribution >= 4 is 17.3 Å². The maximum Gasteiger partial charge on any atom is 0.250 e. The van der Waals surface area contributed by atoms with E-state index in [2.05, 4.69) is 15.6 Å². The first-order chi connectivity index (χ1) is 16.5. The van der Waals surface area contributed by atoms with Crippen LogP contribution in [0, 0.1) is 17.6 Å². The Balaban J connectivity index is 1.45. The first-order valence-electron chi connectivity index (χ1n) is 11.4. The summed E-state index contributed by atoms with van der Waals surface area (Å²) in [4.78, 5) is 15.8. The molecule has 6 rings (SSSR count). The largest absolute Gasteiger partial charge is 0.324 e. The third kappa shape index (κ3) is 3.00. The smallest absolute Gasteiger partial charge is 0.250 e. The van der Waals surface area contributed by atoms with E-state index in [0.717, 1.165) is 28.1 Å². The van der Waals surface area contributed by atoms with Crippen molar-refractivity contribution < 1.29 is 13.6 Å². The topological polar surface area (TPSA) is 56.7 Å². The molecule has 1 spiro atoms. The molecule has 0 aliphatic carbocycles. The van der Waals surface area contributed by atoms with Crippen LogP contribution in [0.1, 0.15) is 35.1 Å². The molecule has 4 atom stereocenters. The number of halogens is 2. The van der Waals surface area contributed by atoms with Crippen molar-refractivity contribution in [1.29, 1.82) is 0 Å². The van der Waals surface area contributed by atoms with Crippen LogP contribution in [-0.2, 0) is 10.3 Å². The van der Waals surface area contributed by atoms with Crippen LogP contribution < -0.4 is 10.7 Å². The third-order valence-electron chi connectivity index (χ3n) is 7.56. The van der Waals surface area contributed by atoms with Crippen LogP contribution >= 0.6 is 0 Å². The first kappa shape index (κ1) is 21.0. The maximum atomic E-state index is 13.7. The lowest BCUT2D eigenvalue weighted by Gasteiger charge is -2.36. The first-order valence-corrected chi connectivity index (χ1v) is 11.4. The minimum absolute atomic E-state index is 0.0602. The fourth-order valence-corrected chi connectivity index (χ4v) is 6.05. The van der Waals surface area contributed by atoms with Gasteiger partial charge in [-0.3, -0.25) is 9.69 Å². The van der Waals surface area contributed by atoms with Gasteiger partial charge in [0.05, 0.1) is 6.04 Å². The number of carbonyl (C=O) groups is 1. The van der Waals surface area contributed by atoms with Gasteiger partial charge in [-0.15, -0.1) is 0 Å². The van der Waals surface area contributed by atoms with Gasteiger partial charge in [0, 0.05) is 41.8 Å². The second-order valence-corrected chi connectivity index (χ2v) is 9.32. The van der Waals surface area contributed by atoms with Crippen molar-refractivity contribution in [3.8, 4) is 0 Å². The Morgan fingerprint density at radius 2 is 1.59 bits per heavy atom. The highest BCUT2D eigenvalue weighted by Gasteiger charge is 2.63. The molecule has 172 valence electrons. The Bertz CT molecular complexity index is 1290. The zero-order valence-electron chi connectivity index (χ0n) is 18.6. The van der Waals surface area contributed by atoms with Crippen molar-refractivity contribution in [3.63, 3.8) is 0 Å². The molecule has 0 radical (unpaired) electrons. The maximum absolute atomic E-state index is 13.7. The molecule has 2 N–H and O–H groups in total. The van der Waals surface area contributed by atoms with Crippen molar-refractivity contribution in [2.45, 2.75) is 23.9 Å². The molecule has 1 saturated heterocycles. The molecule has 5 nitrogen and oxygen atoms in total. The molecule has 34 heavy (non-hydrogen) atoms. The van der Waals surface area contributed by atoms with Gasteiger partial charge in [-0.25, -0.2) is 8.78 Å². The lowest BCUT2D eigenvalue weighted by atomic mass is 9.70. The summed E-state index contributed by atoms with van der Waals surface area (Å²) in [6.45, 7) is 0.623. The van der Waals surface area contributed by atoms with Gasteiger partial charge in [-0.2, -0.15) is 5.10 Å². The average molecular weight is 459 g/mol. The zero-order chi connectivity index (χ0) is 23.4. The Morgan fingerprint density at radius 3 is 2.29 bits per heavy atom. The predicted molar refractivity (Wildman–Crippen MR) is 126 cm³/mol. The van der Waals surface area contributed by atoms with E-state index in [4.69, 9.17) is 5.10 Å². The Labute approximate surface area is 196 Å². The minimum Gasteiger partial charge on any atom is -0.324 e. The monoisotopic (exact) mass is 458 g/mol. The minimum atomic E-state index is -0.923. The molecule has 7 heteroatoms. The lowest BCUT2D eigenvalue weighted by Crippen LogP contribution is -2.51. The van der Waals surface area contributed by atoms with Crippen LogP contribution in [0.4, 0.5) is 14.5 Å². The molecule has 1 amide bonds. The number of amides is 1. The van der Waals surface area contributed by atoms with Gasteiger partial charge in [-0.1, -0.05) is 42.5 Å². The molecule has 0 bridgehead atoms. The van der Waals surface area contributed by atoms with E-state index in [1.165, 1.54) is 24.3 Å². The zero-order valence-corrected chi connectivity index (χ0v) is 18.6. The number of likely N-dealkylation sites (N-methyl/N-ethyl adjacent to an activating group) is 1. The van der Waals surface area contributed by atoms with Gasteiger partial charge in [0.25, 0.3) is 0 Å².